The highest BCUT2D eigenvalue weighted by Gasteiger charge is 2.25. The predicted molar refractivity (Wildman–Crippen MR) is 94.5 cm³/mol. The summed E-state index contributed by atoms with van der Waals surface area (Å²) in [5.74, 6) is -0.224. The molecule has 2 rings (SSSR count). The molecule has 2 N–H and O–H groups in total. The van der Waals surface area contributed by atoms with Crippen molar-refractivity contribution in [1.82, 2.24) is 14.9 Å². The van der Waals surface area contributed by atoms with Crippen LogP contribution >= 0.6 is 0 Å². The van der Waals surface area contributed by atoms with Gasteiger partial charge in [0.15, 0.2) is 0 Å². The number of carbonyl (C=O) groups excluding carboxylic acids is 1. The van der Waals surface area contributed by atoms with Crippen LogP contribution in [0.1, 0.15) is 44.0 Å². The van der Waals surface area contributed by atoms with Crippen LogP contribution in [-0.4, -0.2) is 50.3 Å². The van der Waals surface area contributed by atoms with Crippen LogP contribution in [0, 0.1) is 0 Å². The predicted octanol–water partition coefficient (Wildman–Crippen LogP) is 1.59. The number of sulfonamides is 1. The van der Waals surface area contributed by atoms with Gasteiger partial charge >= 0.3 is 0 Å². The van der Waals surface area contributed by atoms with Crippen molar-refractivity contribution in [3.8, 4) is 0 Å². The maximum Gasteiger partial charge on any atom is 0.251 e. The molecule has 1 aromatic carbocycles. The van der Waals surface area contributed by atoms with E-state index in [9.17, 15) is 13.2 Å². The molecule has 0 radical (unpaired) electrons. The van der Waals surface area contributed by atoms with Gasteiger partial charge in [-0.3, -0.25) is 4.79 Å². The summed E-state index contributed by atoms with van der Waals surface area (Å²) in [4.78, 5) is 12.6. The van der Waals surface area contributed by atoms with Gasteiger partial charge in [0, 0.05) is 30.7 Å². The van der Waals surface area contributed by atoms with Crippen LogP contribution < -0.4 is 10.6 Å². The highest BCUT2D eigenvalue weighted by Crippen LogP contribution is 2.18. The maximum absolute atomic E-state index is 12.6. The number of rotatable bonds is 5. The van der Waals surface area contributed by atoms with E-state index in [4.69, 9.17) is 0 Å². The first-order valence-corrected chi connectivity index (χ1v) is 9.78. The van der Waals surface area contributed by atoms with Crippen molar-refractivity contribution < 1.29 is 13.2 Å². The third-order valence-corrected chi connectivity index (χ3v) is 6.49. The molecule has 1 fully saturated rings. The van der Waals surface area contributed by atoms with E-state index in [1.165, 1.54) is 16.4 Å². The van der Waals surface area contributed by atoms with Crippen molar-refractivity contribution in [2.45, 2.75) is 56.6 Å². The van der Waals surface area contributed by atoms with Gasteiger partial charge in [-0.05, 0) is 58.4 Å². The summed E-state index contributed by atoms with van der Waals surface area (Å²) < 4.78 is 26.4. The van der Waals surface area contributed by atoms with E-state index in [-0.39, 0.29) is 22.9 Å². The van der Waals surface area contributed by atoms with Crippen molar-refractivity contribution in [2.75, 3.05) is 13.6 Å². The first kappa shape index (κ1) is 18.9. The lowest BCUT2D eigenvalue weighted by Crippen LogP contribution is -2.46. The van der Waals surface area contributed by atoms with Crippen LogP contribution in [0.5, 0.6) is 0 Å². The van der Waals surface area contributed by atoms with Crippen LogP contribution in [0.2, 0.25) is 0 Å². The van der Waals surface area contributed by atoms with E-state index >= 15 is 0 Å². The first-order valence-electron chi connectivity index (χ1n) is 8.34. The molecule has 1 aromatic rings. The van der Waals surface area contributed by atoms with Crippen LogP contribution in [0.3, 0.4) is 0 Å². The molecule has 134 valence electrons. The Kier molecular flexibility index (Phi) is 6.01. The summed E-state index contributed by atoms with van der Waals surface area (Å²) in [6, 6.07) is 6.58. The van der Waals surface area contributed by atoms with E-state index in [0.717, 1.165) is 19.4 Å². The van der Waals surface area contributed by atoms with Gasteiger partial charge in [-0.1, -0.05) is 6.07 Å². The Balaban J connectivity index is 2.16. The highest BCUT2D eigenvalue weighted by atomic mass is 32.2. The molecule has 0 saturated carbocycles. The molecular weight excluding hydrogens is 326 g/mol. The minimum atomic E-state index is -3.59. The number of hydrogen-bond acceptors (Lipinski definition) is 4. The lowest BCUT2D eigenvalue weighted by molar-refractivity contribution is 0.0925. The zero-order valence-electron chi connectivity index (χ0n) is 14.7. The number of nitrogens with one attached hydrogen (secondary N) is 2. The Morgan fingerprint density at radius 1 is 1.38 bits per heavy atom. The molecule has 0 spiro atoms. The maximum atomic E-state index is 12.6. The third kappa shape index (κ3) is 4.34. The van der Waals surface area contributed by atoms with Gasteiger partial charge < -0.3 is 10.6 Å². The standard InChI is InChI=1S/C17H27N3O3S/c1-12(2)20(4)24(22,23)16-7-5-6-14(11-16)17(21)19-15-8-9-18-13(3)10-15/h5-7,11-13,15,18H,8-10H2,1-4H3,(H,19,21). The highest BCUT2D eigenvalue weighted by molar-refractivity contribution is 7.89. The normalized spacial score (nSPS) is 21.9. The molecule has 1 heterocycles. The van der Waals surface area contributed by atoms with E-state index in [2.05, 4.69) is 17.6 Å². The third-order valence-electron chi connectivity index (χ3n) is 4.46. The molecule has 1 aliphatic heterocycles. The first-order chi connectivity index (χ1) is 11.2. The smallest absolute Gasteiger partial charge is 0.251 e. The average Bonchev–Trinajstić information content (AvgIpc) is 2.54. The van der Waals surface area contributed by atoms with Crippen LogP contribution in [0.4, 0.5) is 0 Å². The lowest BCUT2D eigenvalue weighted by Gasteiger charge is -2.28. The largest absolute Gasteiger partial charge is 0.349 e. The van der Waals surface area contributed by atoms with Gasteiger partial charge in [-0.2, -0.15) is 4.31 Å². The number of nitrogens with zero attached hydrogens (tertiary/aromatic N) is 1. The minimum Gasteiger partial charge on any atom is -0.349 e. The van der Waals surface area contributed by atoms with Crippen molar-refractivity contribution in [3.05, 3.63) is 29.8 Å². The second-order valence-electron chi connectivity index (χ2n) is 6.69. The molecular formula is C17H27N3O3S. The van der Waals surface area contributed by atoms with Gasteiger partial charge in [-0.25, -0.2) is 8.42 Å². The Hall–Kier alpha value is -1.44. The van der Waals surface area contributed by atoms with E-state index < -0.39 is 10.0 Å². The number of amides is 1. The Morgan fingerprint density at radius 3 is 2.71 bits per heavy atom. The summed E-state index contributed by atoms with van der Waals surface area (Å²) in [5.41, 5.74) is 0.374. The summed E-state index contributed by atoms with van der Waals surface area (Å²) >= 11 is 0. The van der Waals surface area contributed by atoms with Crippen molar-refractivity contribution >= 4 is 15.9 Å². The van der Waals surface area contributed by atoms with Crippen LogP contribution in [0.15, 0.2) is 29.2 Å². The summed E-state index contributed by atoms with van der Waals surface area (Å²) in [6.07, 6.45) is 1.75. The van der Waals surface area contributed by atoms with Gasteiger partial charge in [-0.15, -0.1) is 0 Å². The van der Waals surface area contributed by atoms with Gasteiger partial charge in [0.2, 0.25) is 10.0 Å². The fourth-order valence-electron chi connectivity index (χ4n) is 2.77. The molecule has 0 bridgehead atoms. The SMILES string of the molecule is CC1CC(NC(=O)c2cccc(S(=O)(=O)N(C)C(C)C)c2)CCN1. The Morgan fingerprint density at radius 2 is 2.08 bits per heavy atom. The zero-order valence-corrected chi connectivity index (χ0v) is 15.6. The molecule has 2 unspecified atom stereocenters. The summed E-state index contributed by atoms with van der Waals surface area (Å²) in [6.45, 7) is 6.59. The molecule has 2 atom stereocenters. The molecule has 6 nitrogen and oxygen atoms in total. The number of hydrogen-bond donors (Lipinski definition) is 2. The summed E-state index contributed by atoms with van der Waals surface area (Å²) in [5, 5.41) is 6.35. The fraction of sp³-hybridized carbons (Fsp3) is 0.588. The second kappa shape index (κ2) is 7.63. The second-order valence-corrected chi connectivity index (χ2v) is 8.69. The van der Waals surface area contributed by atoms with Gasteiger partial charge in [0.1, 0.15) is 0 Å². The Labute approximate surface area is 144 Å². The average molecular weight is 353 g/mol. The molecule has 1 aliphatic rings. The molecule has 0 aromatic heterocycles. The zero-order chi connectivity index (χ0) is 17.9. The van der Waals surface area contributed by atoms with E-state index in [0.29, 0.717) is 11.6 Å². The lowest BCUT2D eigenvalue weighted by atomic mass is 10.0. The summed E-state index contributed by atoms with van der Waals surface area (Å²) in [7, 11) is -2.05. The van der Waals surface area contributed by atoms with Gasteiger partial charge in [0.05, 0.1) is 4.90 Å². The quantitative estimate of drug-likeness (QED) is 0.842. The van der Waals surface area contributed by atoms with Crippen molar-refractivity contribution in [1.29, 1.82) is 0 Å². The molecule has 1 amide bonds. The topological polar surface area (TPSA) is 78.5 Å². The van der Waals surface area contributed by atoms with E-state index in [1.807, 2.05) is 13.8 Å². The Bertz CT molecular complexity index is 688. The fourth-order valence-corrected chi connectivity index (χ4v) is 4.19. The van der Waals surface area contributed by atoms with Crippen molar-refractivity contribution in [3.63, 3.8) is 0 Å². The van der Waals surface area contributed by atoms with E-state index in [1.54, 1.807) is 19.2 Å². The van der Waals surface area contributed by atoms with Crippen molar-refractivity contribution in [2.24, 2.45) is 0 Å². The monoisotopic (exact) mass is 353 g/mol. The number of benzene rings is 1. The number of carbonyl (C=O) groups is 1. The molecule has 1 saturated heterocycles. The molecule has 7 heteroatoms. The molecule has 0 aliphatic carbocycles. The number of piperidine rings is 1. The van der Waals surface area contributed by atoms with Crippen LogP contribution in [0.25, 0.3) is 0 Å². The van der Waals surface area contributed by atoms with Crippen LogP contribution in [-0.2, 0) is 10.0 Å². The minimum absolute atomic E-state index is 0.118. The molecule has 24 heavy (non-hydrogen) atoms. The van der Waals surface area contributed by atoms with Gasteiger partial charge in [0.25, 0.3) is 5.91 Å².